The van der Waals surface area contributed by atoms with Crippen molar-refractivity contribution in [1.29, 1.82) is 5.41 Å². The first-order chi connectivity index (χ1) is 9.66. The summed E-state index contributed by atoms with van der Waals surface area (Å²) in [7, 11) is 0. The molecule has 0 atom stereocenters. The number of nitrogens with two attached hydrogens (primary N) is 1. The average molecular weight is 330 g/mol. The highest BCUT2D eigenvalue weighted by Crippen LogP contribution is 2.35. The summed E-state index contributed by atoms with van der Waals surface area (Å²) in [4.78, 5) is 2.27. The predicted octanol–water partition coefficient (Wildman–Crippen LogP) is 3.82. The summed E-state index contributed by atoms with van der Waals surface area (Å²) in [5, 5.41) is 7.81. The van der Waals surface area contributed by atoms with Gasteiger partial charge in [-0.1, -0.05) is 34.1 Å². The van der Waals surface area contributed by atoms with E-state index in [1.165, 1.54) is 11.3 Å². The summed E-state index contributed by atoms with van der Waals surface area (Å²) < 4.78 is 0.941. The third-order valence-corrected chi connectivity index (χ3v) is 4.14. The van der Waals surface area contributed by atoms with Crippen molar-refractivity contribution in [3.05, 3.63) is 58.1 Å². The van der Waals surface area contributed by atoms with Gasteiger partial charge in [0.25, 0.3) is 0 Å². The smallest absolute Gasteiger partial charge is 0.124 e. The molecule has 20 heavy (non-hydrogen) atoms. The third-order valence-electron chi connectivity index (χ3n) is 3.65. The molecule has 0 amide bonds. The molecule has 0 bridgehead atoms. The molecule has 0 aliphatic carbocycles. The molecule has 2 aromatic rings. The van der Waals surface area contributed by atoms with Gasteiger partial charge in [-0.15, -0.1) is 0 Å². The fraction of sp³-hybridized carbons (Fsp3) is 0.188. The first-order valence-electron chi connectivity index (χ1n) is 6.66. The van der Waals surface area contributed by atoms with Crippen molar-refractivity contribution < 1.29 is 0 Å². The number of fused-ring (bicyclic) bond motifs is 1. The lowest BCUT2D eigenvalue weighted by Crippen LogP contribution is -2.27. The number of hydrogen-bond acceptors (Lipinski definition) is 2. The second kappa shape index (κ2) is 5.29. The first-order valence-corrected chi connectivity index (χ1v) is 7.45. The highest BCUT2D eigenvalue weighted by molar-refractivity contribution is 9.10. The standard InChI is InChI=1S/C16H16BrN3/c17-12-7-8-15(13(10-12)16(18)19)20-9-3-5-11-4-1-2-6-14(11)20/h1-2,4,6-8,10H,3,5,9H2,(H3,18,19). The van der Waals surface area contributed by atoms with Gasteiger partial charge in [0.15, 0.2) is 0 Å². The molecule has 2 aromatic carbocycles. The number of nitrogens with zero attached hydrogens (tertiary/aromatic N) is 1. The van der Waals surface area contributed by atoms with Crippen LogP contribution < -0.4 is 10.6 Å². The van der Waals surface area contributed by atoms with E-state index in [-0.39, 0.29) is 5.84 Å². The monoisotopic (exact) mass is 329 g/mol. The Bertz CT molecular complexity index is 667. The number of aryl methyl sites for hydroxylation is 1. The van der Waals surface area contributed by atoms with Gasteiger partial charge in [0, 0.05) is 22.3 Å². The van der Waals surface area contributed by atoms with Crippen LogP contribution in [-0.2, 0) is 6.42 Å². The number of para-hydroxylation sites is 1. The molecule has 1 aliphatic heterocycles. The van der Waals surface area contributed by atoms with E-state index in [1.807, 2.05) is 18.2 Å². The number of rotatable bonds is 2. The normalized spacial score (nSPS) is 13.9. The van der Waals surface area contributed by atoms with E-state index in [0.717, 1.165) is 35.1 Å². The summed E-state index contributed by atoms with van der Waals surface area (Å²) in [6, 6.07) is 14.4. The lowest BCUT2D eigenvalue weighted by Gasteiger charge is -2.32. The van der Waals surface area contributed by atoms with Gasteiger partial charge in [0.2, 0.25) is 0 Å². The Balaban J connectivity index is 2.13. The Morgan fingerprint density at radius 3 is 2.75 bits per heavy atom. The van der Waals surface area contributed by atoms with Crippen molar-refractivity contribution in [3.63, 3.8) is 0 Å². The van der Waals surface area contributed by atoms with E-state index in [1.54, 1.807) is 0 Å². The van der Waals surface area contributed by atoms with E-state index in [2.05, 4.69) is 45.1 Å². The molecular weight excluding hydrogens is 314 g/mol. The Kier molecular flexibility index (Phi) is 3.49. The van der Waals surface area contributed by atoms with Crippen LogP contribution in [0.25, 0.3) is 0 Å². The SMILES string of the molecule is N=C(N)c1cc(Br)ccc1N1CCCc2ccccc21. The minimum Gasteiger partial charge on any atom is -0.384 e. The molecule has 0 spiro atoms. The van der Waals surface area contributed by atoms with Gasteiger partial charge < -0.3 is 10.6 Å². The summed E-state index contributed by atoms with van der Waals surface area (Å²) >= 11 is 3.45. The van der Waals surface area contributed by atoms with E-state index in [0.29, 0.717) is 0 Å². The first kappa shape index (κ1) is 13.2. The highest BCUT2D eigenvalue weighted by atomic mass is 79.9. The zero-order valence-corrected chi connectivity index (χ0v) is 12.7. The third kappa shape index (κ3) is 2.31. The Morgan fingerprint density at radius 2 is 1.95 bits per heavy atom. The summed E-state index contributed by atoms with van der Waals surface area (Å²) in [6.45, 7) is 0.957. The van der Waals surface area contributed by atoms with Crippen molar-refractivity contribution in [3.8, 4) is 0 Å². The van der Waals surface area contributed by atoms with E-state index < -0.39 is 0 Å². The molecule has 102 valence electrons. The molecule has 1 heterocycles. The number of hydrogen-bond donors (Lipinski definition) is 2. The number of nitrogens with one attached hydrogen (secondary N) is 1. The lowest BCUT2D eigenvalue weighted by molar-refractivity contribution is 0.766. The van der Waals surface area contributed by atoms with Gasteiger partial charge in [0.1, 0.15) is 5.84 Å². The van der Waals surface area contributed by atoms with Crippen LogP contribution in [0.4, 0.5) is 11.4 Å². The topological polar surface area (TPSA) is 53.1 Å². The molecule has 0 saturated heterocycles. The van der Waals surface area contributed by atoms with Crippen molar-refractivity contribution >= 4 is 33.1 Å². The minimum absolute atomic E-state index is 0.101. The number of nitrogen functional groups attached to an aromatic ring is 1. The van der Waals surface area contributed by atoms with Gasteiger partial charge >= 0.3 is 0 Å². The Hall–Kier alpha value is -1.81. The summed E-state index contributed by atoms with van der Waals surface area (Å²) in [6.07, 6.45) is 2.23. The minimum atomic E-state index is 0.101. The van der Waals surface area contributed by atoms with Gasteiger partial charge in [-0.3, -0.25) is 5.41 Å². The largest absolute Gasteiger partial charge is 0.384 e. The molecule has 0 saturated carbocycles. The Labute approximate surface area is 127 Å². The van der Waals surface area contributed by atoms with Crippen LogP contribution in [0, 0.1) is 5.41 Å². The molecule has 0 unspecified atom stereocenters. The molecule has 3 nitrogen and oxygen atoms in total. The quantitative estimate of drug-likeness (QED) is 0.650. The zero-order chi connectivity index (χ0) is 14.1. The molecule has 0 aromatic heterocycles. The van der Waals surface area contributed by atoms with E-state index in [4.69, 9.17) is 11.1 Å². The number of amidine groups is 1. The maximum Gasteiger partial charge on any atom is 0.124 e. The van der Waals surface area contributed by atoms with E-state index >= 15 is 0 Å². The fourth-order valence-electron chi connectivity index (χ4n) is 2.74. The maximum atomic E-state index is 7.81. The molecule has 4 heteroatoms. The van der Waals surface area contributed by atoms with Gasteiger partial charge in [-0.2, -0.15) is 0 Å². The molecule has 1 aliphatic rings. The van der Waals surface area contributed by atoms with Gasteiger partial charge in [-0.05, 0) is 42.7 Å². The van der Waals surface area contributed by atoms with Crippen LogP contribution in [-0.4, -0.2) is 12.4 Å². The number of anilines is 2. The number of halogens is 1. The van der Waals surface area contributed by atoms with Crippen LogP contribution in [0.1, 0.15) is 17.5 Å². The molecule has 3 rings (SSSR count). The van der Waals surface area contributed by atoms with Crippen molar-refractivity contribution in [2.45, 2.75) is 12.8 Å². The lowest BCUT2D eigenvalue weighted by atomic mass is 10.00. The van der Waals surface area contributed by atoms with Crippen molar-refractivity contribution in [1.82, 2.24) is 0 Å². The van der Waals surface area contributed by atoms with E-state index in [9.17, 15) is 0 Å². The molecule has 3 N–H and O–H groups in total. The Morgan fingerprint density at radius 1 is 1.15 bits per heavy atom. The predicted molar refractivity (Wildman–Crippen MR) is 86.9 cm³/mol. The van der Waals surface area contributed by atoms with Crippen LogP contribution in [0.15, 0.2) is 46.9 Å². The maximum absolute atomic E-state index is 7.81. The molecule has 0 radical (unpaired) electrons. The van der Waals surface area contributed by atoms with Crippen LogP contribution >= 0.6 is 15.9 Å². The van der Waals surface area contributed by atoms with Gasteiger partial charge in [-0.25, -0.2) is 0 Å². The average Bonchev–Trinajstić information content (AvgIpc) is 2.46. The summed E-state index contributed by atoms with van der Waals surface area (Å²) in [5.74, 6) is 0.101. The van der Waals surface area contributed by atoms with Crippen LogP contribution in [0.2, 0.25) is 0 Å². The highest BCUT2D eigenvalue weighted by Gasteiger charge is 2.20. The van der Waals surface area contributed by atoms with Crippen LogP contribution in [0.5, 0.6) is 0 Å². The summed E-state index contributed by atoms with van der Waals surface area (Å²) in [5.41, 5.74) is 10.1. The number of benzene rings is 2. The van der Waals surface area contributed by atoms with Crippen LogP contribution in [0.3, 0.4) is 0 Å². The molecular formula is C16H16BrN3. The fourth-order valence-corrected chi connectivity index (χ4v) is 3.10. The van der Waals surface area contributed by atoms with Crippen molar-refractivity contribution in [2.75, 3.05) is 11.4 Å². The van der Waals surface area contributed by atoms with Crippen molar-refractivity contribution in [2.24, 2.45) is 5.73 Å². The molecule has 0 fully saturated rings. The zero-order valence-electron chi connectivity index (χ0n) is 11.1. The second-order valence-corrected chi connectivity index (χ2v) is 5.87. The second-order valence-electron chi connectivity index (χ2n) is 4.96. The van der Waals surface area contributed by atoms with Gasteiger partial charge in [0.05, 0.1) is 5.69 Å².